The number of hydrogen-bond acceptors (Lipinski definition) is 3. The highest BCUT2D eigenvalue weighted by Crippen LogP contribution is 2.43. The van der Waals surface area contributed by atoms with Gasteiger partial charge in [0.05, 0.1) is 0 Å². The molecule has 0 spiro atoms. The fourth-order valence-corrected chi connectivity index (χ4v) is 3.28. The molecule has 1 saturated carbocycles. The monoisotopic (exact) mass is 278 g/mol. The Balaban J connectivity index is 2.59. The largest absolute Gasteiger partial charge is 0.504 e. The van der Waals surface area contributed by atoms with Gasteiger partial charge in [0.2, 0.25) is 0 Å². The lowest BCUT2D eigenvalue weighted by atomic mass is 9.78. The van der Waals surface area contributed by atoms with Gasteiger partial charge in [-0.1, -0.05) is 32.6 Å². The van der Waals surface area contributed by atoms with Gasteiger partial charge in [0.25, 0.3) is 0 Å². The van der Waals surface area contributed by atoms with Gasteiger partial charge in [0, 0.05) is 0 Å². The Morgan fingerprint density at radius 3 is 2.45 bits per heavy atom. The van der Waals surface area contributed by atoms with Crippen LogP contribution in [0, 0.1) is 0 Å². The summed E-state index contributed by atoms with van der Waals surface area (Å²) in [5, 5.41) is 29.1. The highest BCUT2D eigenvalue weighted by atomic mass is 16.4. The molecule has 0 amide bonds. The van der Waals surface area contributed by atoms with Gasteiger partial charge in [-0.2, -0.15) is 0 Å². The van der Waals surface area contributed by atoms with Crippen molar-refractivity contribution in [2.45, 2.75) is 57.8 Å². The lowest BCUT2D eigenvalue weighted by molar-refractivity contribution is 0.0690. The van der Waals surface area contributed by atoms with Crippen molar-refractivity contribution in [1.82, 2.24) is 0 Å². The Bertz CT molecular complexity index is 502. The van der Waals surface area contributed by atoms with Crippen LogP contribution in [0.3, 0.4) is 0 Å². The molecule has 0 aliphatic heterocycles. The SMILES string of the molecule is CCCc1cc(O)c(O)c(C(=O)O)c1C1CCCCC1. The van der Waals surface area contributed by atoms with E-state index in [4.69, 9.17) is 0 Å². The average Bonchev–Trinajstić information content (AvgIpc) is 2.43. The summed E-state index contributed by atoms with van der Waals surface area (Å²) >= 11 is 0. The van der Waals surface area contributed by atoms with E-state index in [-0.39, 0.29) is 17.2 Å². The van der Waals surface area contributed by atoms with E-state index in [0.717, 1.165) is 49.7 Å². The number of carboxylic acids is 1. The quantitative estimate of drug-likeness (QED) is 0.732. The molecule has 0 heterocycles. The Kier molecular flexibility index (Phi) is 4.53. The van der Waals surface area contributed by atoms with E-state index in [1.165, 1.54) is 12.5 Å². The molecule has 3 N–H and O–H groups in total. The number of rotatable bonds is 4. The predicted molar refractivity (Wildman–Crippen MR) is 76.6 cm³/mol. The van der Waals surface area contributed by atoms with Crippen molar-refractivity contribution in [3.63, 3.8) is 0 Å². The van der Waals surface area contributed by atoms with Crippen molar-refractivity contribution < 1.29 is 20.1 Å². The molecule has 1 fully saturated rings. The second-order valence-corrected chi connectivity index (χ2v) is 5.58. The van der Waals surface area contributed by atoms with E-state index >= 15 is 0 Å². The van der Waals surface area contributed by atoms with Crippen LogP contribution in [-0.2, 0) is 6.42 Å². The third-order valence-electron chi connectivity index (χ3n) is 4.15. The maximum absolute atomic E-state index is 11.5. The number of aromatic hydroxyl groups is 2. The van der Waals surface area contributed by atoms with Crippen LogP contribution in [0.25, 0.3) is 0 Å². The van der Waals surface area contributed by atoms with Crippen molar-refractivity contribution in [2.24, 2.45) is 0 Å². The topological polar surface area (TPSA) is 77.8 Å². The molecule has 0 atom stereocenters. The molecular formula is C16H22O4. The van der Waals surface area contributed by atoms with Crippen LogP contribution in [0.15, 0.2) is 6.07 Å². The fourth-order valence-electron chi connectivity index (χ4n) is 3.28. The summed E-state index contributed by atoms with van der Waals surface area (Å²) in [4.78, 5) is 11.5. The maximum atomic E-state index is 11.5. The number of benzene rings is 1. The van der Waals surface area contributed by atoms with E-state index in [1.54, 1.807) is 0 Å². The molecule has 1 aromatic carbocycles. The number of phenolic OH excluding ortho intramolecular Hbond substituents is 1. The van der Waals surface area contributed by atoms with E-state index in [1.807, 2.05) is 6.92 Å². The second kappa shape index (κ2) is 6.16. The van der Waals surface area contributed by atoms with Gasteiger partial charge < -0.3 is 15.3 Å². The van der Waals surface area contributed by atoms with Gasteiger partial charge in [-0.15, -0.1) is 0 Å². The van der Waals surface area contributed by atoms with Crippen molar-refractivity contribution in [1.29, 1.82) is 0 Å². The molecule has 4 heteroatoms. The van der Waals surface area contributed by atoms with Crippen molar-refractivity contribution in [3.05, 3.63) is 22.8 Å². The molecule has 0 bridgehead atoms. The maximum Gasteiger partial charge on any atom is 0.339 e. The van der Waals surface area contributed by atoms with Crippen LogP contribution in [-0.4, -0.2) is 21.3 Å². The van der Waals surface area contributed by atoms with Gasteiger partial charge >= 0.3 is 5.97 Å². The molecule has 1 aromatic rings. The van der Waals surface area contributed by atoms with Crippen molar-refractivity contribution in [3.8, 4) is 11.5 Å². The summed E-state index contributed by atoms with van der Waals surface area (Å²) in [5.41, 5.74) is 1.52. The summed E-state index contributed by atoms with van der Waals surface area (Å²) in [6, 6.07) is 1.54. The second-order valence-electron chi connectivity index (χ2n) is 5.58. The van der Waals surface area contributed by atoms with E-state index in [9.17, 15) is 20.1 Å². The molecular weight excluding hydrogens is 256 g/mol. The molecule has 0 unspecified atom stereocenters. The number of aromatic carboxylic acids is 1. The first-order valence-electron chi connectivity index (χ1n) is 7.37. The smallest absolute Gasteiger partial charge is 0.339 e. The third-order valence-corrected chi connectivity index (χ3v) is 4.15. The van der Waals surface area contributed by atoms with Gasteiger partial charge in [-0.25, -0.2) is 4.79 Å². The Hall–Kier alpha value is -1.71. The molecule has 2 rings (SSSR count). The summed E-state index contributed by atoms with van der Waals surface area (Å²) in [6.45, 7) is 2.02. The number of carbonyl (C=O) groups is 1. The third kappa shape index (κ3) is 2.74. The summed E-state index contributed by atoms with van der Waals surface area (Å²) in [6.07, 6.45) is 6.89. The number of hydrogen-bond donors (Lipinski definition) is 3. The van der Waals surface area contributed by atoms with E-state index in [2.05, 4.69) is 0 Å². The molecule has 0 aromatic heterocycles. The standard InChI is InChI=1S/C16H22O4/c1-2-6-11-9-12(17)15(18)14(16(19)20)13(11)10-7-4-3-5-8-10/h9-10,17-18H,2-8H2,1H3,(H,19,20). The van der Waals surface area contributed by atoms with Crippen LogP contribution in [0.5, 0.6) is 11.5 Å². The van der Waals surface area contributed by atoms with Crippen molar-refractivity contribution in [2.75, 3.05) is 0 Å². The molecule has 0 radical (unpaired) electrons. The normalized spacial score (nSPS) is 16.2. The van der Waals surface area contributed by atoms with Gasteiger partial charge in [-0.3, -0.25) is 0 Å². The molecule has 110 valence electrons. The zero-order valence-corrected chi connectivity index (χ0v) is 11.9. The average molecular weight is 278 g/mol. The highest BCUT2D eigenvalue weighted by Gasteiger charge is 2.28. The Morgan fingerprint density at radius 1 is 1.25 bits per heavy atom. The summed E-state index contributed by atoms with van der Waals surface area (Å²) < 4.78 is 0. The highest BCUT2D eigenvalue weighted by molar-refractivity contribution is 5.94. The predicted octanol–water partition coefficient (Wildman–Crippen LogP) is 3.80. The summed E-state index contributed by atoms with van der Waals surface area (Å²) in [5.74, 6) is -1.79. The van der Waals surface area contributed by atoms with Crippen LogP contribution in [0.4, 0.5) is 0 Å². The van der Waals surface area contributed by atoms with Gasteiger partial charge in [-0.05, 0) is 42.4 Å². The summed E-state index contributed by atoms with van der Waals surface area (Å²) in [7, 11) is 0. The Labute approximate surface area is 119 Å². The zero-order valence-electron chi connectivity index (χ0n) is 11.9. The van der Waals surface area contributed by atoms with Crippen LogP contribution in [0.1, 0.15) is 72.9 Å². The van der Waals surface area contributed by atoms with Crippen LogP contribution < -0.4 is 0 Å². The Morgan fingerprint density at radius 2 is 1.90 bits per heavy atom. The van der Waals surface area contributed by atoms with Gasteiger partial charge in [0.1, 0.15) is 5.56 Å². The van der Waals surface area contributed by atoms with Crippen molar-refractivity contribution >= 4 is 5.97 Å². The van der Waals surface area contributed by atoms with Gasteiger partial charge in [0.15, 0.2) is 11.5 Å². The minimum atomic E-state index is -1.16. The number of carboxylic acid groups (broad SMARTS) is 1. The van der Waals surface area contributed by atoms with E-state index in [0.29, 0.717) is 0 Å². The minimum Gasteiger partial charge on any atom is -0.504 e. The molecule has 20 heavy (non-hydrogen) atoms. The molecule has 1 aliphatic rings. The first kappa shape index (κ1) is 14.7. The number of phenols is 2. The minimum absolute atomic E-state index is 0.0969. The van der Waals surface area contributed by atoms with E-state index < -0.39 is 11.7 Å². The molecule has 0 saturated heterocycles. The molecule has 4 nitrogen and oxygen atoms in total. The lowest BCUT2D eigenvalue weighted by Gasteiger charge is -2.26. The number of aryl methyl sites for hydroxylation is 1. The van der Waals surface area contributed by atoms with Crippen LogP contribution in [0.2, 0.25) is 0 Å². The molecule has 1 aliphatic carbocycles. The van der Waals surface area contributed by atoms with Crippen LogP contribution >= 0.6 is 0 Å². The first-order valence-corrected chi connectivity index (χ1v) is 7.37. The first-order chi connectivity index (χ1) is 9.56. The fraction of sp³-hybridized carbons (Fsp3) is 0.562. The zero-order chi connectivity index (χ0) is 14.7. The lowest BCUT2D eigenvalue weighted by Crippen LogP contribution is -2.14.